The van der Waals surface area contributed by atoms with Gasteiger partial charge in [0.15, 0.2) is 0 Å². The number of nitrogens with zero attached hydrogens (tertiary/aromatic N) is 1. The van der Waals surface area contributed by atoms with Crippen LogP contribution in [0.2, 0.25) is 0 Å². The highest BCUT2D eigenvalue weighted by atomic mass is 16.4. The fourth-order valence-electron chi connectivity index (χ4n) is 2.07. The van der Waals surface area contributed by atoms with Crippen molar-refractivity contribution < 1.29 is 14.7 Å². The van der Waals surface area contributed by atoms with Gasteiger partial charge in [-0.2, -0.15) is 5.26 Å². The Balaban J connectivity index is 2.37. The molecule has 128 valence electrons. The average molecular weight is 329 g/mol. The molecule has 1 amide bonds. The molecule has 0 aliphatic carbocycles. The van der Waals surface area contributed by atoms with E-state index in [4.69, 9.17) is 10.4 Å². The summed E-state index contributed by atoms with van der Waals surface area (Å²) in [7, 11) is 0. The zero-order valence-electron chi connectivity index (χ0n) is 13.8. The SMILES string of the molecule is CC(N/C=C(/C#N)C(=O)NCCCCCC(=O)O)c1ccccc1. The lowest BCUT2D eigenvalue weighted by Gasteiger charge is -2.12. The third-order valence-electron chi connectivity index (χ3n) is 3.50. The Labute approximate surface area is 142 Å². The van der Waals surface area contributed by atoms with Gasteiger partial charge in [0, 0.05) is 25.2 Å². The molecule has 6 nitrogen and oxygen atoms in total. The summed E-state index contributed by atoms with van der Waals surface area (Å²) in [5, 5.41) is 23.3. The molecule has 0 saturated heterocycles. The van der Waals surface area contributed by atoms with Crippen LogP contribution in [0.25, 0.3) is 0 Å². The first-order chi connectivity index (χ1) is 11.5. The molecule has 1 atom stereocenters. The highest BCUT2D eigenvalue weighted by molar-refractivity contribution is 5.97. The first-order valence-corrected chi connectivity index (χ1v) is 7.96. The summed E-state index contributed by atoms with van der Waals surface area (Å²) in [5.74, 6) is -1.24. The lowest BCUT2D eigenvalue weighted by molar-refractivity contribution is -0.137. The van der Waals surface area contributed by atoms with Crippen LogP contribution >= 0.6 is 0 Å². The summed E-state index contributed by atoms with van der Waals surface area (Å²) in [6.45, 7) is 2.37. The predicted molar refractivity (Wildman–Crippen MR) is 90.8 cm³/mol. The molecular formula is C18H23N3O3. The van der Waals surface area contributed by atoms with E-state index >= 15 is 0 Å². The van der Waals surface area contributed by atoms with E-state index in [1.165, 1.54) is 6.20 Å². The Hall–Kier alpha value is -2.81. The average Bonchev–Trinajstić information content (AvgIpc) is 2.58. The Morgan fingerprint density at radius 2 is 1.96 bits per heavy atom. The van der Waals surface area contributed by atoms with E-state index in [0.717, 1.165) is 12.0 Å². The van der Waals surface area contributed by atoms with Crippen molar-refractivity contribution in [3.8, 4) is 6.07 Å². The van der Waals surface area contributed by atoms with Crippen LogP contribution < -0.4 is 10.6 Å². The van der Waals surface area contributed by atoms with Gasteiger partial charge < -0.3 is 15.7 Å². The number of nitrogens with one attached hydrogen (secondary N) is 2. The summed E-state index contributed by atoms with van der Waals surface area (Å²) in [6, 6.07) is 11.6. The van der Waals surface area contributed by atoms with E-state index in [0.29, 0.717) is 19.4 Å². The van der Waals surface area contributed by atoms with Crippen molar-refractivity contribution in [2.75, 3.05) is 6.54 Å². The second-order valence-corrected chi connectivity index (χ2v) is 5.43. The lowest BCUT2D eigenvalue weighted by atomic mass is 10.1. The molecule has 0 spiro atoms. The highest BCUT2D eigenvalue weighted by Gasteiger charge is 2.09. The van der Waals surface area contributed by atoms with Gasteiger partial charge in [0.05, 0.1) is 0 Å². The quantitative estimate of drug-likeness (QED) is 0.348. The van der Waals surface area contributed by atoms with E-state index in [1.807, 2.05) is 43.3 Å². The number of carbonyl (C=O) groups excluding carboxylic acids is 1. The van der Waals surface area contributed by atoms with E-state index in [9.17, 15) is 9.59 Å². The van der Waals surface area contributed by atoms with Crippen molar-refractivity contribution in [1.29, 1.82) is 5.26 Å². The number of carboxylic acid groups (broad SMARTS) is 1. The molecular weight excluding hydrogens is 306 g/mol. The fraction of sp³-hybridized carbons (Fsp3) is 0.389. The van der Waals surface area contributed by atoms with Gasteiger partial charge in [-0.25, -0.2) is 0 Å². The Morgan fingerprint density at radius 3 is 2.58 bits per heavy atom. The van der Waals surface area contributed by atoms with Gasteiger partial charge in [-0.05, 0) is 25.3 Å². The maximum atomic E-state index is 11.9. The molecule has 0 bridgehead atoms. The van der Waals surface area contributed by atoms with Crippen LogP contribution in [0.4, 0.5) is 0 Å². The number of amides is 1. The smallest absolute Gasteiger partial charge is 0.303 e. The Bertz CT molecular complexity index is 606. The van der Waals surface area contributed by atoms with E-state index in [-0.39, 0.29) is 18.0 Å². The van der Waals surface area contributed by atoms with Gasteiger partial charge in [-0.15, -0.1) is 0 Å². The van der Waals surface area contributed by atoms with Gasteiger partial charge in [-0.1, -0.05) is 36.8 Å². The van der Waals surface area contributed by atoms with E-state index in [2.05, 4.69) is 10.6 Å². The van der Waals surface area contributed by atoms with Crippen LogP contribution in [0.15, 0.2) is 42.1 Å². The van der Waals surface area contributed by atoms with Crippen LogP contribution in [0.5, 0.6) is 0 Å². The van der Waals surface area contributed by atoms with Crippen LogP contribution in [0.1, 0.15) is 44.2 Å². The second kappa shape index (κ2) is 10.8. The minimum Gasteiger partial charge on any atom is -0.481 e. The summed E-state index contributed by atoms with van der Waals surface area (Å²) in [5.41, 5.74) is 1.08. The van der Waals surface area contributed by atoms with E-state index in [1.54, 1.807) is 0 Å². The lowest BCUT2D eigenvalue weighted by Crippen LogP contribution is -2.27. The van der Waals surface area contributed by atoms with E-state index < -0.39 is 11.9 Å². The van der Waals surface area contributed by atoms with Gasteiger partial charge in [0.25, 0.3) is 5.91 Å². The van der Waals surface area contributed by atoms with Crippen LogP contribution in [-0.4, -0.2) is 23.5 Å². The zero-order chi connectivity index (χ0) is 17.8. The standard InChI is InChI=1S/C18H23N3O3/c1-14(15-8-4-2-5-9-15)21-13-16(12-19)18(24)20-11-7-3-6-10-17(22)23/h2,4-5,8-9,13-14,21H,3,6-7,10-11H2,1H3,(H,20,24)(H,22,23)/b16-13-. The molecule has 6 heteroatoms. The first kappa shape index (κ1) is 19.2. The van der Waals surface area contributed by atoms with Gasteiger partial charge in [-0.3, -0.25) is 9.59 Å². The van der Waals surface area contributed by atoms with Crippen LogP contribution in [0.3, 0.4) is 0 Å². The summed E-state index contributed by atoms with van der Waals surface area (Å²) >= 11 is 0. The maximum absolute atomic E-state index is 11.9. The zero-order valence-corrected chi connectivity index (χ0v) is 13.8. The third kappa shape index (κ3) is 7.45. The minimum absolute atomic E-state index is 0.0154. The molecule has 0 saturated carbocycles. The number of hydrogen-bond donors (Lipinski definition) is 3. The number of benzene rings is 1. The number of unbranched alkanes of at least 4 members (excludes halogenated alkanes) is 2. The number of carboxylic acids is 1. The second-order valence-electron chi connectivity index (χ2n) is 5.43. The largest absolute Gasteiger partial charge is 0.481 e. The number of carbonyl (C=O) groups is 2. The number of nitriles is 1. The first-order valence-electron chi connectivity index (χ1n) is 7.96. The van der Waals surface area contributed by atoms with Crippen LogP contribution in [-0.2, 0) is 9.59 Å². The summed E-state index contributed by atoms with van der Waals surface area (Å²) < 4.78 is 0. The van der Waals surface area contributed by atoms with Crippen LogP contribution in [0, 0.1) is 11.3 Å². The molecule has 0 aromatic heterocycles. The molecule has 0 radical (unpaired) electrons. The van der Waals surface area contributed by atoms with Crippen molar-refractivity contribution in [3.63, 3.8) is 0 Å². The number of aliphatic carboxylic acids is 1. The topological polar surface area (TPSA) is 102 Å². The van der Waals surface area contributed by atoms with Gasteiger partial charge in [0.1, 0.15) is 11.6 Å². The Kier molecular flexibility index (Phi) is 8.69. The molecule has 1 rings (SSSR count). The molecule has 0 fully saturated rings. The molecule has 1 aromatic carbocycles. The van der Waals surface area contributed by atoms with Gasteiger partial charge in [0.2, 0.25) is 0 Å². The monoisotopic (exact) mass is 329 g/mol. The molecule has 0 heterocycles. The summed E-state index contributed by atoms with van der Waals surface area (Å²) in [4.78, 5) is 22.3. The number of hydrogen-bond acceptors (Lipinski definition) is 4. The van der Waals surface area contributed by atoms with Crippen molar-refractivity contribution >= 4 is 11.9 Å². The molecule has 24 heavy (non-hydrogen) atoms. The number of rotatable bonds is 10. The fourth-order valence-corrected chi connectivity index (χ4v) is 2.07. The molecule has 0 aliphatic rings. The van der Waals surface area contributed by atoms with Crippen molar-refractivity contribution in [2.24, 2.45) is 0 Å². The molecule has 1 unspecified atom stereocenters. The van der Waals surface area contributed by atoms with Crippen molar-refractivity contribution in [1.82, 2.24) is 10.6 Å². The summed E-state index contributed by atoms with van der Waals surface area (Å²) in [6.07, 6.45) is 3.56. The Morgan fingerprint density at radius 1 is 1.25 bits per heavy atom. The third-order valence-corrected chi connectivity index (χ3v) is 3.50. The predicted octanol–water partition coefficient (Wildman–Crippen LogP) is 2.51. The van der Waals surface area contributed by atoms with Crippen molar-refractivity contribution in [2.45, 2.75) is 38.6 Å². The molecule has 1 aromatic rings. The minimum atomic E-state index is -0.813. The normalized spacial score (nSPS) is 12.1. The molecule has 0 aliphatic heterocycles. The molecule has 3 N–H and O–H groups in total. The highest BCUT2D eigenvalue weighted by Crippen LogP contribution is 2.11. The maximum Gasteiger partial charge on any atom is 0.303 e. The van der Waals surface area contributed by atoms with Gasteiger partial charge >= 0.3 is 5.97 Å². The van der Waals surface area contributed by atoms with Crippen molar-refractivity contribution in [3.05, 3.63) is 47.7 Å².